The minimum atomic E-state index is -4.52. The third-order valence-electron chi connectivity index (χ3n) is 4.68. The molecule has 0 bridgehead atoms. The molecule has 4 N–H and O–H groups in total. The van der Waals surface area contributed by atoms with Crippen molar-refractivity contribution in [3.63, 3.8) is 0 Å². The summed E-state index contributed by atoms with van der Waals surface area (Å²) in [6.07, 6.45) is -3.27. The number of alkyl halides is 3. The van der Waals surface area contributed by atoms with Gasteiger partial charge in [-0.15, -0.1) is 0 Å². The number of nitrogens with one attached hydrogen (secondary N) is 2. The van der Waals surface area contributed by atoms with Crippen LogP contribution in [0.1, 0.15) is 5.56 Å². The normalized spacial score (nSPS) is 11.2. The topological polar surface area (TPSA) is 79.1 Å². The average molecular weight is 471 g/mol. The van der Waals surface area contributed by atoms with Crippen LogP contribution in [0.5, 0.6) is 0 Å². The summed E-state index contributed by atoms with van der Waals surface area (Å²) in [5, 5.41) is 4.65. The Morgan fingerprint density at radius 1 is 0.818 bits per heavy atom. The molecule has 4 aromatic rings. The molecular weight excluding hydrogens is 453 g/mol. The summed E-state index contributed by atoms with van der Waals surface area (Å²) < 4.78 is 39.3. The Balaban J connectivity index is 1.67. The van der Waals surface area contributed by atoms with Crippen LogP contribution in [-0.4, -0.2) is 9.97 Å². The Morgan fingerprint density at radius 2 is 1.39 bits per heavy atom. The third-order valence-corrected chi connectivity index (χ3v) is 5.01. The Kier molecular flexibility index (Phi) is 6.23. The monoisotopic (exact) mass is 470 g/mol. The van der Waals surface area contributed by atoms with Crippen molar-refractivity contribution in [2.75, 3.05) is 21.5 Å². The van der Waals surface area contributed by atoms with Crippen molar-refractivity contribution in [2.45, 2.75) is 6.18 Å². The molecule has 0 aliphatic rings. The van der Waals surface area contributed by atoms with Crippen LogP contribution in [0, 0.1) is 0 Å². The quantitative estimate of drug-likeness (QED) is 0.274. The molecule has 0 unspecified atom stereocenters. The van der Waals surface area contributed by atoms with Crippen LogP contribution in [0.15, 0.2) is 85.2 Å². The van der Waals surface area contributed by atoms with Crippen LogP contribution < -0.4 is 21.5 Å². The van der Waals surface area contributed by atoms with Crippen molar-refractivity contribution in [3.05, 3.63) is 95.8 Å². The summed E-state index contributed by atoms with van der Waals surface area (Å²) in [5.41, 5.74) is 10.3. The third kappa shape index (κ3) is 5.09. The van der Waals surface area contributed by atoms with Gasteiger partial charge in [-0.2, -0.15) is 13.2 Å². The van der Waals surface area contributed by atoms with Gasteiger partial charge in [0, 0.05) is 0 Å². The first-order valence-corrected chi connectivity index (χ1v) is 10.1. The van der Waals surface area contributed by atoms with Crippen molar-refractivity contribution < 1.29 is 13.2 Å². The van der Waals surface area contributed by atoms with Crippen LogP contribution in [0.25, 0.3) is 0 Å². The molecule has 10 heteroatoms. The minimum absolute atomic E-state index is 0.0193. The second-order valence-electron chi connectivity index (χ2n) is 6.92. The number of hydrogen-bond acceptors (Lipinski definition) is 6. The van der Waals surface area contributed by atoms with Crippen molar-refractivity contribution >= 4 is 46.0 Å². The molecular formula is C23H18ClF3N6. The van der Waals surface area contributed by atoms with Gasteiger partial charge in [-0.25, -0.2) is 9.97 Å². The number of para-hydroxylation sites is 2. The summed E-state index contributed by atoms with van der Waals surface area (Å²) in [4.78, 5) is 8.28. The van der Waals surface area contributed by atoms with E-state index >= 15 is 0 Å². The average Bonchev–Trinajstić information content (AvgIpc) is 2.81. The van der Waals surface area contributed by atoms with Crippen LogP contribution >= 0.6 is 11.6 Å². The Hall–Kier alpha value is -3.98. The first-order valence-electron chi connectivity index (χ1n) is 9.74. The molecule has 168 valence electrons. The summed E-state index contributed by atoms with van der Waals surface area (Å²) in [6, 6.07) is 21.9. The molecule has 33 heavy (non-hydrogen) atoms. The van der Waals surface area contributed by atoms with Crippen molar-refractivity contribution in [3.8, 4) is 0 Å². The van der Waals surface area contributed by atoms with E-state index in [9.17, 15) is 13.2 Å². The van der Waals surface area contributed by atoms with Gasteiger partial charge in [-0.05, 0) is 42.5 Å². The second-order valence-corrected chi connectivity index (χ2v) is 7.33. The number of benzene rings is 3. The van der Waals surface area contributed by atoms with Gasteiger partial charge in [0.15, 0.2) is 11.6 Å². The fraction of sp³-hybridized carbons (Fsp3) is 0.0435. The fourth-order valence-electron chi connectivity index (χ4n) is 3.05. The number of nitrogens with zero attached hydrogens (tertiary/aromatic N) is 3. The van der Waals surface area contributed by atoms with E-state index in [1.165, 1.54) is 6.33 Å². The number of halogens is 4. The number of anilines is 6. The molecule has 0 saturated heterocycles. The molecule has 6 nitrogen and oxygen atoms in total. The SMILES string of the molecule is Nc1c(Nc2cc(C(F)(F)F)ccc2Cl)ncnc1NN(c1ccccc1)c1ccccc1. The molecule has 3 aromatic carbocycles. The first kappa shape index (κ1) is 22.2. The molecule has 0 spiro atoms. The summed E-state index contributed by atoms with van der Waals surface area (Å²) >= 11 is 6.09. The van der Waals surface area contributed by atoms with Crippen LogP contribution in [-0.2, 0) is 6.18 Å². The minimum Gasteiger partial charge on any atom is -0.393 e. The van der Waals surface area contributed by atoms with Gasteiger partial charge in [0.1, 0.15) is 12.0 Å². The Morgan fingerprint density at radius 3 is 1.97 bits per heavy atom. The molecule has 0 saturated carbocycles. The molecule has 0 aliphatic heterocycles. The van der Waals surface area contributed by atoms with E-state index < -0.39 is 11.7 Å². The largest absolute Gasteiger partial charge is 0.416 e. The molecule has 0 amide bonds. The zero-order valence-electron chi connectivity index (χ0n) is 17.0. The van der Waals surface area contributed by atoms with E-state index in [4.69, 9.17) is 17.3 Å². The van der Waals surface area contributed by atoms with E-state index in [1.807, 2.05) is 60.7 Å². The van der Waals surface area contributed by atoms with Gasteiger partial charge >= 0.3 is 6.18 Å². The molecule has 4 rings (SSSR count). The molecule has 1 aromatic heterocycles. The number of rotatable bonds is 6. The maximum Gasteiger partial charge on any atom is 0.416 e. The number of hydrazine groups is 1. The predicted molar refractivity (Wildman–Crippen MR) is 125 cm³/mol. The van der Waals surface area contributed by atoms with Crippen LogP contribution in [0.3, 0.4) is 0 Å². The summed E-state index contributed by atoms with van der Waals surface area (Å²) in [5.74, 6) is 0.359. The maximum atomic E-state index is 13.1. The highest BCUT2D eigenvalue weighted by Crippen LogP contribution is 2.36. The lowest BCUT2D eigenvalue weighted by Crippen LogP contribution is -2.26. The second kappa shape index (κ2) is 9.25. The van der Waals surface area contributed by atoms with Gasteiger partial charge in [-0.3, -0.25) is 10.4 Å². The zero-order chi connectivity index (χ0) is 23.4. The van der Waals surface area contributed by atoms with Gasteiger partial charge in [-0.1, -0.05) is 48.0 Å². The van der Waals surface area contributed by atoms with E-state index in [0.29, 0.717) is 0 Å². The Labute approximate surface area is 192 Å². The molecule has 1 heterocycles. The highest BCUT2D eigenvalue weighted by Gasteiger charge is 2.31. The van der Waals surface area contributed by atoms with Crippen LogP contribution in [0.2, 0.25) is 5.02 Å². The van der Waals surface area contributed by atoms with Gasteiger partial charge in [0.2, 0.25) is 0 Å². The fourth-order valence-corrected chi connectivity index (χ4v) is 3.21. The van der Waals surface area contributed by atoms with E-state index in [1.54, 1.807) is 5.01 Å². The van der Waals surface area contributed by atoms with Gasteiger partial charge < -0.3 is 11.1 Å². The van der Waals surface area contributed by atoms with Crippen molar-refractivity contribution in [1.82, 2.24) is 9.97 Å². The lowest BCUT2D eigenvalue weighted by Gasteiger charge is -2.27. The number of nitrogen functional groups attached to an aromatic ring is 1. The Bertz CT molecular complexity index is 1200. The number of aromatic nitrogens is 2. The first-order chi connectivity index (χ1) is 15.8. The predicted octanol–water partition coefficient (Wildman–Crippen LogP) is 6.64. The van der Waals surface area contributed by atoms with E-state index in [2.05, 4.69) is 20.7 Å². The number of hydrogen-bond donors (Lipinski definition) is 3. The van der Waals surface area contributed by atoms with Crippen LogP contribution in [0.4, 0.5) is 47.6 Å². The molecule has 0 atom stereocenters. The van der Waals surface area contributed by atoms with Gasteiger partial charge in [0.05, 0.1) is 27.6 Å². The lowest BCUT2D eigenvalue weighted by molar-refractivity contribution is -0.137. The maximum absolute atomic E-state index is 13.1. The smallest absolute Gasteiger partial charge is 0.393 e. The molecule has 0 aliphatic carbocycles. The van der Waals surface area contributed by atoms with E-state index in [0.717, 1.165) is 29.6 Å². The number of nitrogens with two attached hydrogens (primary N) is 1. The van der Waals surface area contributed by atoms with Crippen molar-refractivity contribution in [1.29, 1.82) is 0 Å². The lowest BCUT2D eigenvalue weighted by atomic mass is 10.2. The standard InChI is InChI=1S/C23H18ClF3N6/c24-18-12-11-15(23(25,26)27)13-19(18)31-21-20(28)22(30-14-29-21)32-33(16-7-3-1-4-8-16)17-9-5-2-6-10-17/h1-14H,28H2,(H2,29,30,31,32). The van der Waals surface area contributed by atoms with Crippen molar-refractivity contribution in [2.24, 2.45) is 0 Å². The van der Waals surface area contributed by atoms with E-state index in [-0.39, 0.29) is 28.0 Å². The zero-order valence-corrected chi connectivity index (χ0v) is 17.8. The highest BCUT2D eigenvalue weighted by atomic mass is 35.5. The molecule has 0 radical (unpaired) electrons. The highest BCUT2D eigenvalue weighted by molar-refractivity contribution is 6.33. The molecule has 0 fully saturated rings. The summed E-state index contributed by atoms with van der Waals surface area (Å²) in [7, 11) is 0. The van der Waals surface area contributed by atoms with Gasteiger partial charge in [0.25, 0.3) is 0 Å². The summed E-state index contributed by atoms with van der Waals surface area (Å²) in [6.45, 7) is 0.